The molecule has 274 valence electrons. The first kappa shape index (κ1) is 32.4. The molecule has 1 aromatic heterocycles. The first-order valence-electron chi connectivity index (χ1n) is 20.8. The van der Waals surface area contributed by atoms with Crippen LogP contribution in [0.4, 0.5) is 0 Å². The lowest BCUT2D eigenvalue weighted by Gasteiger charge is -2.21. The Hall–Kier alpha value is -6.70. The van der Waals surface area contributed by atoms with Crippen LogP contribution < -0.4 is 0 Å². The van der Waals surface area contributed by atoms with Crippen LogP contribution in [0.3, 0.4) is 0 Å². The maximum atomic E-state index is 2.51. The summed E-state index contributed by atoms with van der Waals surface area (Å²) in [6.07, 6.45) is 0.970. The van der Waals surface area contributed by atoms with Gasteiger partial charge in [-0.2, -0.15) is 0 Å². The fourth-order valence-corrected chi connectivity index (χ4v) is 11.5. The molecule has 1 heteroatoms. The highest BCUT2D eigenvalue weighted by Crippen LogP contribution is 2.54. The van der Waals surface area contributed by atoms with Crippen LogP contribution in [-0.4, -0.2) is 4.57 Å². The van der Waals surface area contributed by atoms with Gasteiger partial charge in [0.25, 0.3) is 0 Å². The summed E-state index contributed by atoms with van der Waals surface area (Å²) < 4.78 is 2.47. The van der Waals surface area contributed by atoms with Crippen LogP contribution in [0.25, 0.3) is 93.5 Å². The van der Waals surface area contributed by atoms with Gasteiger partial charge in [-0.1, -0.05) is 137 Å². The van der Waals surface area contributed by atoms with E-state index in [2.05, 4.69) is 196 Å². The number of fused-ring (bicyclic) bond motifs is 16. The van der Waals surface area contributed by atoms with Gasteiger partial charge < -0.3 is 4.57 Å². The highest BCUT2D eigenvalue weighted by molar-refractivity contribution is 6.17. The van der Waals surface area contributed by atoms with Crippen molar-refractivity contribution in [1.82, 2.24) is 4.57 Å². The van der Waals surface area contributed by atoms with Gasteiger partial charge >= 0.3 is 0 Å². The third kappa shape index (κ3) is 4.11. The molecule has 0 atom stereocenters. The zero-order valence-corrected chi connectivity index (χ0v) is 33.2. The number of aromatic nitrogens is 1. The Bertz CT molecular complexity index is 3460. The molecule has 0 radical (unpaired) electrons. The zero-order chi connectivity index (χ0) is 38.7. The molecule has 13 rings (SSSR count). The van der Waals surface area contributed by atoms with Gasteiger partial charge in [-0.25, -0.2) is 0 Å². The number of hydrogen-bond donors (Lipinski definition) is 0. The van der Waals surface area contributed by atoms with Gasteiger partial charge in [-0.05, 0) is 160 Å². The van der Waals surface area contributed by atoms with Crippen molar-refractivity contribution in [3.63, 3.8) is 0 Å². The molecule has 0 amide bonds. The third-order valence-electron chi connectivity index (χ3n) is 14.4. The van der Waals surface area contributed by atoms with E-state index in [1.807, 2.05) is 0 Å². The van der Waals surface area contributed by atoms with E-state index in [4.69, 9.17) is 0 Å². The summed E-state index contributed by atoms with van der Waals surface area (Å²) in [4.78, 5) is 0. The minimum absolute atomic E-state index is 0.00202. The largest absolute Gasteiger partial charge is 0.309 e. The lowest BCUT2D eigenvalue weighted by molar-refractivity contribution is 0.660. The second kappa shape index (κ2) is 11.0. The Labute approximate surface area is 338 Å². The van der Waals surface area contributed by atoms with Crippen LogP contribution in [0, 0.1) is 0 Å². The first-order valence-corrected chi connectivity index (χ1v) is 20.8. The number of hydrogen-bond acceptors (Lipinski definition) is 0. The minimum Gasteiger partial charge on any atom is -0.309 e. The summed E-state index contributed by atoms with van der Waals surface area (Å²) in [5.41, 5.74) is 23.0. The normalized spacial score (nSPS) is 15.1. The maximum absolute atomic E-state index is 2.51. The standard InChI is InChI=1S/C57H41N/c1-56(2)48-16-10-8-14-40(48)54-44-31-38-26-35-19-18-33(27-42(35)43(38)29-36(44)20-23-50(54)56)34-22-25-52-46(28-34)47-30-37-21-24-51-55(41-15-9-11-17-49(41)57(51,3)4)45(37)32-53(47)58(52)39-12-6-5-7-13-39/h5-25,27-32H,26H2,1-4H3. The molecule has 0 N–H and O–H groups in total. The predicted octanol–water partition coefficient (Wildman–Crippen LogP) is 14.9. The van der Waals surface area contributed by atoms with Gasteiger partial charge in [-0.3, -0.25) is 0 Å². The molecule has 0 saturated carbocycles. The number of nitrogens with zero attached hydrogens (tertiary/aromatic N) is 1. The van der Waals surface area contributed by atoms with E-state index in [0.717, 1.165) is 6.42 Å². The smallest absolute Gasteiger partial charge is 0.0547 e. The highest BCUT2D eigenvalue weighted by atomic mass is 15.0. The number of rotatable bonds is 2. The van der Waals surface area contributed by atoms with Crippen molar-refractivity contribution < 1.29 is 0 Å². The summed E-state index contributed by atoms with van der Waals surface area (Å²) in [6, 6.07) is 62.6. The van der Waals surface area contributed by atoms with Gasteiger partial charge in [0.2, 0.25) is 0 Å². The molecule has 9 aromatic carbocycles. The second-order valence-electron chi connectivity index (χ2n) is 18.1. The summed E-state index contributed by atoms with van der Waals surface area (Å²) in [5, 5.41) is 7.88. The molecule has 3 aliphatic rings. The quantitative estimate of drug-likeness (QED) is 0.166. The van der Waals surface area contributed by atoms with E-state index in [1.54, 1.807) is 0 Å². The van der Waals surface area contributed by atoms with Gasteiger partial charge in [0.15, 0.2) is 0 Å². The molecule has 1 heterocycles. The Balaban J connectivity index is 0.984. The fourth-order valence-electron chi connectivity index (χ4n) is 11.5. The molecule has 0 unspecified atom stereocenters. The fraction of sp³-hybridized carbons (Fsp3) is 0.123. The SMILES string of the molecule is CC1(C)c2ccccc2-c2c1ccc1cc3c(cc21)Cc1ccc(-c2ccc4c(c2)c2cc5ccc6c(c5cc2n4-c2ccccc2)-c2ccccc2C6(C)C)cc1-3. The predicted molar refractivity (Wildman–Crippen MR) is 245 cm³/mol. The summed E-state index contributed by atoms with van der Waals surface area (Å²) in [7, 11) is 0. The average Bonchev–Trinajstić information content (AvgIpc) is 3.92. The van der Waals surface area contributed by atoms with Crippen LogP contribution >= 0.6 is 0 Å². The number of benzene rings is 9. The molecular formula is C57H41N. The molecule has 0 saturated heterocycles. The van der Waals surface area contributed by atoms with E-state index in [0.29, 0.717) is 0 Å². The summed E-state index contributed by atoms with van der Waals surface area (Å²) >= 11 is 0. The Kier molecular flexibility index (Phi) is 6.16. The number of para-hydroxylation sites is 1. The molecule has 0 spiro atoms. The molecule has 10 aromatic rings. The highest BCUT2D eigenvalue weighted by Gasteiger charge is 2.38. The lowest BCUT2D eigenvalue weighted by Crippen LogP contribution is -2.14. The van der Waals surface area contributed by atoms with E-state index in [-0.39, 0.29) is 10.8 Å². The van der Waals surface area contributed by atoms with Crippen molar-refractivity contribution in [2.45, 2.75) is 44.9 Å². The molecule has 0 bridgehead atoms. The van der Waals surface area contributed by atoms with Crippen molar-refractivity contribution in [2.24, 2.45) is 0 Å². The molecule has 0 fully saturated rings. The Morgan fingerprint density at radius 2 is 0.948 bits per heavy atom. The van der Waals surface area contributed by atoms with E-state index < -0.39 is 0 Å². The Morgan fingerprint density at radius 1 is 0.379 bits per heavy atom. The van der Waals surface area contributed by atoms with Crippen molar-refractivity contribution in [2.75, 3.05) is 0 Å². The minimum atomic E-state index is -0.0387. The first-order chi connectivity index (χ1) is 28.3. The maximum Gasteiger partial charge on any atom is 0.0547 e. The molecule has 3 aliphatic carbocycles. The molecule has 58 heavy (non-hydrogen) atoms. The van der Waals surface area contributed by atoms with Crippen molar-refractivity contribution in [3.05, 3.63) is 197 Å². The van der Waals surface area contributed by atoms with E-state index in [1.165, 1.54) is 127 Å². The lowest BCUT2D eigenvalue weighted by atomic mass is 9.82. The summed E-state index contributed by atoms with van der Waals surface area (Å²) in [6.45, 7) is 9.49. The molecule has 1 nitrogen and oxygen atoms in total. The van der Waals surface area contributed by atoms with Crippen molar-refractivity contribution >= 4 is 43.4 Å². The van der Waals surface area contributed by atoms with Crippen LogP contribution in [-0.2, 0) is 17.3 Å². The van der Waals surface area contributed by atoms with Crippen LogP contribution in [0.5, 0.6) is 0 Å². The van der Waals surface area contributed by atoms with Gasteiger partial charge in [0.1, 0.15) is 0 Å². The van der Waals surface area contributed by atoms with Crippen LogP contribution in [0.2, 0.25) is 0 Å². The summed E-state index contributed by atoms with van der Waals surface area (Å²) in [5.74, 6) is 0. The Morgan fingerprint density at radius 3 is 1.66 bits per heavy atom. The zero-order valence-electron chi connectivity index (χ0n) is 33.2. The van der Waals surface area contributed by atoms with E-state index in [9.17, 15) is 0 Å². The molecular weight excluding hydrogens is 699 g/mol. The van der Waals surface area contributed by atoms with E-state index >= 15 is 0 Å². The third-order valence-corrected chi connectivity index (χ3v) is 14.4. The van der Waals surface area contributed by atoms with Crippen LogP contribution in [0.1, 0.15) is 61.1 Å². The van der Waals surface area contributed by atoms with Crippen molar-refractivity contribution in [1.29, 1.82) is 0 Å². The van der Waals surface area contributed by atoms with Gasteiger partial charge in [-0.15, -0.1) is 0 Å². The monoisotopic (exact) mass is 739 g/mol. The van der Waals surface area contributed by atoms with Gasteiger partial charge in [0, 0.05) is 27.3 Å². The topological polar surface area (TPSA) is 4.93 Å². The van der Waals surface area contributed by atoms with Crippen LogP contribution in [0.15, 0.2) is 164 Å². The van der Waals surface area contributed by atoms with Crippen molar-refractivity contribution in [3.8, 4) is 50.2 Å². The van der Waals surface area contributed by atoms with Gasteiger partial charge in [0.05, 0.1) is 11.0 Å². The second-order valence-corrected chi connectivity index (χ2v) is 18.1. The average molecular weight is 740 g/mol. The molecule has 0 aliphatic heterocycles.